The van der Waals surface area contributed by atoms with Crippen molar-refractivity contribution in [3.63, 3.8) is 0 Å². The maximum absolute atomic E-state index is 12.2. The van der Waals surface area contributed by atoms with E-state index >= 15 is 0 Å². The maximum atomic E-state index is 12.2. The van der Waals surface area contributed by atoms with E-state index in [1.165, 1.54) is 0 Å². The number of carbonyl (C=O) groups excluding carboxylic acids is 2. The molecule has 0 spiro atoms. The molecular weight excluding hydrogens is 310 g/mol. The quantitative estimate of drug-likeness (QED) is 0.681. The number of likely N-dealkylation sites (tertiary alicyclic amines) is 1. The van der Waals surface area contributed by atoms with Crippen molar-refractivity contribution < 1.29 is 9.59 Å². The second-order valence-corrected chi connectivity index (χ2v) is 6.29. The molecule has 1 aliphatic carbocycles. The Morgan fingerprint density at radius 3 is 3.05 bits per heavy atom. The molecule has 0 bridgehead atoms. The summed E-state index contributed by atoms with van der Waals surface area (Å²) in [5.41, 5.74) is 0.133. The molecule has 3 rings (SSSR count). The molecule has 19 heavy (non-hydrogen) atoms. The zero-order chi connectivity index (χ0) is 13.6. The highest BCUT2D eigenvalue weighted by molar-refractivity contribution is 9.10. The van der Waals surface area contributed by atoms with Gasteiger partial charge < -0.3 is 10.2 Å². The van der Waals surface area contributed by atoms with Crippen molar-refractivity contribution in [2.45, 2.75) is 31.8 Å². The van der Waals surface area contributed by atoms with Crippen molar-refractivity contribution in [1.82, 2.24) is 9.88 Å². The van der Waals surface area contributed by atoms with Gasteiger partial charge in [0.15, 0.2) is 0 Å². The van der Waals surface area contributed by atoms with Crippen molar-refractivity contribution >= 4 is 34.1 Å². The number of amides is 2. The number of piperidine rings is 1. The van der Waals surface area contributed by atoms with Gasteiger partial charge in [0.05, 0.1) is 0 Å². The summed E-state index contributed by atoms with van der Waals surface area (Å²) in [4.78, 5) is 29.2. The van der Waals surface area contributed by atoms with E-state index in [0.717, 1.165) is 19.3 Å². The van der Waals surface area contributed by atoms with Crippen LogP contribution >= 0.6 is 15.9 Å². The Kier molecular flexibility index (Phi) is 2.85. The number of carbonyl (C=O) groups is 2. The summed E-state index contributed by atoms with van der Waals surface area (Å²) in [6.07, 6.45) is 2.53. The molecule has 100 valence electrons. The summed E-state index contributed by atoms with van der Waals surface area (Å²) in [5, 5.41) is 2.77. The molecule has 3 atom stereocenters. The second kappa shape index (κ2) is 4.30. The molecule has 2 fully saturated rings. The van der Waals surface area contributed by atoms with Crippen LogP contribution in [0.2, 0.25) is 0 Å². The fourth-order valence-electron chi connectivity index (χ4n) is 2.89. The van der Waals surface area contributed by atoms with E-state index in [-0.39, 0.29) is 23.4 Å². The fourth-order valence-corrected chi connectivity index (χ4v) is 3.24. The number of fused-ring (bicyclic) bond motifs is 1. The van der Waals surface area contributed by atoms with Crippen LogP contribution in [-0.2, 0) is 9.59 Å². The average Bonchev–Trinajstić information content (AvgIpc) is 2.92. The van der Waals surface area contributed by atoms with Gasteiger partial charge in [0, 0.05) is 6.04 Å². The molecule has 5 nitrogen and oxygen atoms in total. The zero-order valence-corrected chi connectivity index (χ0v) is 12.1. The largest absolute Gasteiger partial charge is 0.330 e. The van der Waals surface area contributed by atoms with Crippen molar-refractivity contribution in [2.75, 3.05) is 5.32 Å². The normalized spacial score (nSPS) is 31.8. The smallest absolute Gasteiger partial charge is 0.248 e. The van der Waals surface area contributed by atoms with Gasteiger partial charge in [-0.1, -0.05) is 13.0 Å². The van der Waals surface area contributed by atoms with Gasteiger partial charge in [-0.25, -0.2) is 4.98 Å². The van der Waals surface area contributed by atoms with E-state index in [4.69, 9.17) is 0 Å². The van der Waals surface area contributed by atoms with Crippen molar-refractivity contribution in [3.8, 4) is 0 Å². The van der Waals surface area contributed by atoms with E-state index in [0.29, 0.717) is 10.4 Å². The minimum absolute atomic E-state index is 0.133. The van der Waals surface area contributed by atoms with Crippen LogP contribution < -0.4 is 5.32 Å². The van der Waals surface area contributed by atoms with E-state index < -0.39 is 0 Å². The second-order valence-electron chi connectivity index (χ2n) is 5.48. The first-order chi connectivity index (χ1) is 9.03. The molecule has 0 radical (unpaired) electrons. The monoisotopic (exact) mass is 323 g/mol. The van der Waals surface area contributed by atoms with Gasteiger partial charge in [-0.3, -0.25) is 9.59 Å². The van der Waals surface area contributed by atoms with Gasteiger partial charge in [0.1, 0.15) is 16.5 Å². The molecule has 1 N–H and O–H groups in total. The topological polar surface area (TPSA) is 62.3 Å². The van der Waals surface area contributed by atoms with E-state index in [9.17, 15) is 9.59 Å². The Balaban J connectivity index is 1.73. The van der Waals surface area contributed by atoms with Crippen LogP contribution in [0.5, 0.6) is 0 Å². The third kappa shape index (κ3) is 2.14. The molecule has 2 aliphatic rings. The van der Waals surface area contributed by atoms with E-state index in [1.807, 2.05) is 0 Å². The van der Waals surface area contributed by atoms with Crippen LogP contribution in [0.4, 0.5) is 5.82 Å². The number of nitrogens with zero attached hydrogens (tertiary/aromatic N) is 2. The maximum Gasteiger partial charge on any atom is 0.248 e. The van der Waals surface area contributed by atoms with Crippen LogP contribution in [0.3, 0.4) is 0 Å². The number of pyridine rings is 1. The standard InChI is InChI=1S/C13H14BrN3O2/c1-13-5-8(17(7-18)9(13)6-13)12(19)16-11-4-2-3-10(14)15-11/h2-4,7-9H,5-6H2,1H3,(H,15,16,19)/t8-,9+,13-/m0/s1. The summed E-state index contributed by atoms with van der Waals surface area (Å²) in [6.45, 7) is 2.12. The Hall–Kier alpha value is -1.43. The Morgan fingerprint density at radius 1 is 1.58 bits per heavy atom. The Labute approximate surface area is 119 Å². The number of aromatic nitrogens is 1. The van der Waals surface area contributed by atoms with E-state index in [1.54, 1.807) is 23.1 Å². The highest BCUT2D eigenvalue weighted by Gasteiger charge is 2.62. The van der Waals surface area contributed by atoms with Crippen LogP contribution in [0.15, 0.2) is 22.8 Å². The summed E-state index contributed by atoms with van der Waals surface area (Å²) < 4.78 is 0.666. The molecular formula is C13H14BrN3O2. The molecule has 2 amide bonds. The van der Waals surface area contributed by atoms with Crippen molar-refractivity contribution in [1.29, 1.82) is 0 Å². The first-order valence-electron chi connectivity index (χ1n) is 6.20. The van der Waals surface area contributed by atoms with Gasteiger partial charge in [-0.05, 0) is 46.3 Å². The predicted octanol–water partition coefficient (Wildman–Crippen LogP) is 1.79. The number of hydrogen-bond donors (Lipinski definition) is 1. The lowest BCUT2D eigenvalue weighted by Gasteiger charge is -2.22. The molecule has 1 saturated carbocycles. The minimum Gasteiger partial charge on any atom is -0.330 e. The highest BCUT2D eigenvalue weighted by atomic mass is 79.9. The van der Waals surface area contributed by atoms with Gasteiger partial charge in [0.2, 0.25) is 12.3 Å². The third-order valence-corrected chi connectivity index (χ3v) is 4.52. The molecule has 1 aromatic rings. The van der Waals surface area contributed by atoms with Gasteiger partial charge in [0.25, 0.3) is 0 Å². The summed E-state index contributed by atoms with van der Waals surface area (Å²) in [7, 11) is 0. The fraction of sp³-hybridized carbons (Fsp3) is 0.462. The highest BCUT2D eigenvalue weighted by Crippen LogP contribution is 2.58. The number of hydrogen-bond acceptors (Lipinski definition) is 3. The number of halogens is 1. The van der Waals surface area contributed by atoms with Crippen molar-refractivity contribution in [3.05, 3.63) is 22.8 Å². The summed E-state index contributed by atoms with van der Waals surface area (Å²) in [5.74, 6) is 0.335. The molecule has 1 saturated heterocycles. The molecule has 0 aromatic carbocycles. The number of nitrogens with one attached hydrogen (secondary N) is 1. The number of rotatable bonds is 3. The third-order valence-electron chi connectivity index (χ3n) is 4.07. The lowest BCUT2D eigenvalue weighted by molar-refractivity contribution is -0.128. The van der Waals surface area contributed by atoms with E-state index in [2.05, 4.69) is 33.2 Å². The van der Waals surface area contributed by atoms with Crippen molar-refractivity contribution in [2.24, 2.45) is 5.41 Å². The first kappa shape index (κ1) is 12.6. The van der Waals surface area contributed by atoms with Crippen LogP contribution in [0, 0.1) is 5.41 Å². The molecule has 2 heterocycles. The van der Waals surface area contributed by atoms with Gasteiger partial charge >= 0.3 is 0 Å². The first-order valence-corrected chi connectivity index (χ1v) is 6.99. The lowest BCUT2D eigenvalue weighted by atomic mass is 10.0. The van der Waals surface area contributed by atoms with Crippen LogP contribution in [0.25, 0.3) is 0 Å². The average molecular weight is 324 g/mol. The minimum atomic E-state index is -0.373. The summed E-state index contributed by atoms with van der Waals surface area (Å²) >= 11 is 3.26. The zero-order valence-electron chi connectivity index (χ0n) is 10.5. The van der Waals surface area contributed by atoms with Crippen LogP contribution in [0.1, 0.15) is 19.8 Å². The Bertz CT molecular complexity index is 550. The lowest BCUT2D eigenvalue weighted by Crippen LogP contribution is -2.41. The van der Waals surface area contributed by atoms with Gasteiger partial charge in [-0.2, -0.15) is 0 Å². The molecule has 1 aliphatic heterocycles. The van der Waals surface area contributed by atoms with Gasteiger partial charge in [-0.15, -0.1) is 0 Å². The summed E-state index contributed by atoms with van der Waals surface area (Å²) in [6, 6.07) is 5.18. The number of anilines is 1. The molecule has 6 heteroatoms. The molecule has 0 unspecified atom stereocenters. The molecule has 1 aromatic heterocycles. The SMILES string of the molecule is C[C@@]12C[C@@H](C(=O)Nc3cccc(Br)n3)N(C=O)[C@@H]1C2. The predicted molar refractivity (Wildman–Crippen MR) is 73.4 cm³/mol. The van der Waals surface area contributed by atoms with Crippen LogP contribution in [-0.4, -0.2) is 34.3 Å². The Morgan fingerprint density at radius 2 is 2.37 bits per heavy atom.